The Kier molecular flexibility index (Phi) is 54.8. The standard InChI is InChI=1S/C63H110O6/c1-4-7-10-13-15-17-19-21-23-24-25-26-27-28-29-30-31-32-33-34-35-36-37-38-40-41-43-45-47-50-53-56-62(65)68-59-60(58-67-61(64)55-52-49-12-9-6-3)69-63(66)57-54-51-48-46-44-42-39-22-20-18-16-14-11-8-5-2/h8,11,16,18,22,24-25,39,44,46,51,54,60H,4-7,9-10,12-15,17,19-21,23,26-38,40-43,45,47-50,52-53,55-59H2,1-3H3/b11-8-,18-16-,25-24-,39-22-,46-44-,54-51-. The smallest absolute Gasteiger partial charge is 0.310 e. The summed E-state index contributed by atoms with van der Waals surface area (Å²) in [6.45, 7) is 6.37. The van der Waals surface area contributed by atoms with E-state index < -0.39 is 12.1 Å². The molecule has 6 heteroatoms. The Balaban J connectivity index is 3.99. The van der Waals surface area contributed by atoms with Crippen LogP contribution in [0.15, 0.2) is 72.9 Å². The van der Waals surface area contributed by atoms with Crippen LogP contribution in [0.1, 0.15) is 290 Å². The van der Waals surface area contributed by atoms with Crippen LogP contribution in [-0.4, -0.2) is 37.2 Å². The van der Waals surface area contributed by atoms with Crippen molar-refractivity contribution in [2.75, 3.05) is 13.2 Å². The molecule has 0 saturated heterocycles. The monoisotopic (exact) mass is 963 g/mol. The van der Waals surface area contributed by atoms with Crippen molar-refractivity contribution < 1.29 is 28.6 Å². The minimum absolute atomic E-state index is 0.0991. The number of esters is 3. The van der Waals surface area contributed by atoms with Gasteiger partial charge in [-0.15, -0.1) is 0 Å². The van der Waals surface area contributed by atoms with Crippen molar-refractivity contribution >= 4 is 17.9 Å². The molecule has 6 nitrogen and oxygen atoms in total. The maximum atomic E-state index is 12.7. The molecule has 69 heavy (non-hydrogen) atoms. The molecular weight excluding hydrogens is 853 g/mol. The maximum absolute atomic E-state index is 12.7. The van der Waals surface area contributed by atoms with Crippen molar-refractivity contribution in [2.24, 2.45) is 0 Å². The van der Waals surface area contributed by atoms with Gasteiger partial charge in [-0.05, 0) is 70.6 Å². The largest absolute Gasteiger partial charge is 0.462 e. The van der Waals surface area contributed by atoms with Gasteiger partial charge >= 0.3 is 17.9 Å². The lowest BCUT2D eigenvalue weighted by Crippen LogP contribution is -2.30. The van der Waals surface area contributed by atoms with Crippen LogP contribution < -0.4 is 0 Å². The molecule has 0 aliphatic heterocycles. The molecule has 398 valence electrons. The third-order valence-corrected chi connectivity index (χ3v) is 12.7. The van der Waals surface area contributed by atoms with E-state index in [1.54, 1.807) is 6.08 Å². The zero-order valence-corrected chi connectivity index (χ0v) is 45.6. The predicted molar refractivity (Wildman–Crippen MR) is 298 cm³/mol. The van der Waals surface area contributed by atoms with Gasteiger partial charge in [0.15, 0.2) is 6.10 Å². The SMILES string of the molecule is CC/C=C\C/C=C\C/C=C\C/C=C\C/C=C\CC(=O)OC(COC(=O)CCCCCCC)COC(=O)CCCCCCCCCCCCCCCCCCCCC/C=C\CCCCCCCCCC. The van der Waals surface area contributed by atoms with Gasteiger partial charge in [-0.3, -0.25) is 14.4 Å². The highest BCUT2D eigenvalue weighted by atomic mass is 16.6. The van der Waals surface area contributed by atoms with E-state index in [-0.39, 0.29) is 31.6 Å². The summed E-state index contributed by atoms with van der Waals surface area (Å²) in [5.41, 5.74) is 0. The number of hydrogen-bond acceptors (Lipinski definition) is 6. The average molecular weight is 964 g/mol. The van der Waals surface area contributed by atoms with Crippen LogP contribution in [0.3, 0.4) is 0 Å². The lowest BCUT2D eigenvalue weighted by molar-refractivity contribution is -0.166. The summed E-state index contributed by atoms with van der Waals surface area (Å²) in [6.07, 6.45) is 74.3. The Labute approximate surface area is 427 Å². The Bertz CT molecular complexity index is 1290. The molecule has 0 heterocycles. The van der Waals surface area contributed by atoms with Gasteiger partial charge in [-0.1, -0.05) is 273 Å². The predicted octanol–water partition coefficient (Wildman–Crippen LogP) is 19.8. The summed E-state index contributed by atoms with van der Waals surface area (Å²) in [6, 6.07) is 0. The first-order valence-corrected chi connectivity index (χ1v) is 29.4. The second kappa shape index (κ2) is 57.4. The highest BCUT2D eigenvalue weighted by molar-refractivity contribution is 5.72. The molecule has 1 unspecified atom stereocenters. The molecule has 0 aromatic carbocycles. The molecule has 0 fully saturated rings. The van der Waals surface area contributed by atoms with Crippen LogP contribution in [0.25, 0.3) is 0 Å². The molecule has 0 aliphatic carbocycles. The van der Waals surface area contributed by atoms with Gasteiger partial charge in [-0.25, -0.2) is 0 Å². The third-order valence-electron chi connectivity index (χ3n) is 12.7. The average Bonchev–Trinajstić information content (AvgIpc) is 3.35. The number of unbranched alkanes of at least 4 members (excludes halogenated alkanes) is 31. The second-order valence-electron chi connectivity index (χ2n) is 19.5. The number of carbonyl (C=O) groups is 3. The van der Waals surface area contributed by atoms with Crippen LogP contribution >= 0.6 is 0 Å². The minimum atomic E-state index is -0.824. The van der Waals surface area contributed by atoms with Crippen LogP contribution in [0.2, 0.25) is 0 Å². The van der Waals surface area contributed by atoms with Crippen molar-refractivity contribution in [1.82, 2.24) is 0 Å². The van der Waals surface area contributed by atoms with Crippen molar-refractivity contribution in [1.29, 1.82) is 0 Å². The molecule has 0 spiro atoms. The van der Waals surface area contributed by atoms with Gasteiger partial charge in [-0.2, -0.15) is 0 Å². The summed E-state index contributed by atoms with van der Waals surface area (Å²) in [4.78, 5) is 37.7. The van der Waals surface area contributed by atoms with Crippen molar-refractivity contribution in [3.8, 4) is 0 Å². The van der Waals surface area contributed by atoms with E-state index in [1.165, 1.54) is 167 Å². The fraction of sp³-hybridized carbons (Fsp3) is 0.762. The van der Waals surface area contributed by atoms with Gasteiger partial charge < -0.3 is 14.2 Å². The first-order valence-electron chi connectivity index (χ1n) is 29.4. The molecule has 0 aromatic rings. The number of hydrogen-bond donors (Lipinski definition) is 0. The van der Waals surface area contributed by atoms with Crippen molar-refractivity contribution in [3.05, 3.63) is 72.9 Å². The van der Waals surface area contributed by atoms with E-state index in [4.69, 9.17) is 14.2 Å². The van der Waals surface area contributed by atoms with E-state index in [0.29, 0.717) is 12.8 Å². The minimum Gasteiger partial charge on any atom is -0.462 e. The van der Waals surface area contributed by atoms with Crippen molar-refractivity contribution in [3.63, 3.8) is 0 Å². The molecule has 0 aliphatic rings. The van der Waals surface area contributed by atoms with Gasteiger partial charge in [0.05, 0.1) is 6.42 Å². The number of rotatable bonds is 53. The fourth-order valence-corrected chi connectivity index (χ4v) is 8.34. The first kappa shape index (κ1) is 65.8. The van der Waals surface area contributed by atoms with E-state index >= 15 is 0 Å². The van der Waals surface area contributed by atoms with Crippen LogP contribution in [0, 0.1) is 0 Å². The Hall–Kier alpha value is -3.15. The van der Waals surface area contributed by atoms with Gasteiger partial charge in [0.25, 0.3) is 0 Å². The first-order chi connectivity index (χ1) is 34.0. The molecule has 0 rings (SSSR count). The second-order valence-corrected chi connectivity index (χ2v) is 19.5. The third kappa shape index (κ3) is 55.6. The summed E-state index contributed by atoms with van der Waals surface area (Å²) in [5.74, 6) is -1.05. The van der Waals surface area contributed by atoms with Crippen LogP contribution in [0.4, 0.5) is 0 Å². The Morgan fingerprint density at radius 3 is 0.942 bits per heavy atom. The van der Waals surface area contributed by atoms with E-state index in [1.807, 2.05) is 6.08 Å². The quantitative estimate of drug-likeness (QED) is 0.0262. The van der Waals surface area contributed by atoms with Gasteiger partial charge in [0.1, 0.15) is 13.2 Å². The topological polar surface area (TPSA) is 78.9 Å². The summed E-state index contributed by atoms with van der Waals surface area (Å²) < 4.78 is 16.6. The molecule has 0 amide bonds. The zero-order chi connectivity index (χ0) is 50.0. The highest BCUT2D eigenvalue weighted by Gasteiger charge is 2.19. The van der Waals surface area contributed by atoms with Crippen LogP contribution in [0.5, 0.6) is 0 Å². The van der Waals surface area contributed by atoms with E-state index in [9.17, 15) is 14.4 Å². The Morgan fingerprint density at radius 1 is 0.319 bits per heavy atom. The molecule has 0 saturated carbocycles. The molecule has 1 atom stereocenters. The molecule has 0 N–H and O–H groups in total. The fourth-order valence-electron chi connectivity index (χ4n) is 8.34. The Morgan fingerprint density at radius 2 is 0.609 bits per heavy atom. The molecular formula is C63H110O6. The lowest BCUT2D eigenvalue weighted by atomic mass is 10.0. The number of ether oxygens (including phenoxy) is 3. The zero-order valence-electron chi connectivity index (χ0n) is 45.6. The van der Waals surface area contributed by atoms with E-state index in [2.05, 4.69) is 81.5 Å². The van der Waals surface area contributed by atoms with Gasteiger partial charge in [0.2, 0.25) is 0 Å². The summed E-state index contributed by atoms with van der Waals surface area (Å²) in [7, 11) is 0. The highest BCUT2D eigenvalue weighted by Crippen LogP contribution is 2.16. The van der Waals surface area contributed by atoms with Gasteiger partial charge in [0, 0.05) is 12.8 Å². The normalized spacial score (nSPS) is 12.6. The van der Waals surface area contributed by atoms with E-state index in [0.717, 1.165) is 83.5 Å². The summed E-state index contributed by atoms with van der Waals surface area (Å²) >= 11 is 0. The molecule has 0 aromatic heterocycles. The maximum Gasteiger partial charge on any atom is 0.310 e. The van der Waals surface area contributed by atoms with Crippen LogP contribution in [-0.2, 0) is 28.6 Å². The van der Waals surface area contributed by atoms with Crippen molar-refractivity contribution in [2.45, 2.75) is 297 Å². The summed E-state index contributed by atoms with van der Waals surface area (Å²) in [5, 5.41) is 0. The lowest BCUT2D eigenvalue weighted by Gasteiger charge is -2.18. The number of allylic oxidation sites excluding steroid dienone is 11. The molecule has 0 bridgehead atoms. The number of carbonyl (C=O) groups excluding carboxylic acids is 3. The molecule has 0 radical (unpaired) electrons.